The van der Waals surface area contributed by atoms with E-state index in [1.54, 1.807) is 17.5 Å². The van der Waals surface area contributed by atoms with Gasteiger partial charge in [-0.1, -0.05) is 6.07 Å². The van der Waals surface area contributed by atoms with Crippen molar-refractivity contribution in [3.8, 4) is 5.69 Å². The van der Waals surface area contributed by atoms with Crippen LogP contribution in [0.5, 0.6) is 0 Å². The molecule has 0 radical (unpaired) electrons. The smallest absolute Gasteiger partial charge is 0.0666 e. The lowest BCUT2D eigenvalue weighted by molar-refractivity contribution is 0.880. The highest BCUT2D eigenvalue weighted by atomic mass is 79.9. The Bertz CT molecular complexity index is 661. The quantitative estimate of drug-likeness (QED) is 0.771. The molecule has 0 spiro atoms. The topological polar surface area (TPSA) is 29.9 Å². The fourth-order valence-electron chi connectivity index (χ4n) is 1.81. The van der Waals surface area contributed by atoms with Crippen molar-refractivity contribution >= 4 is 33.0 Å². The van der Waals surface area contributed by atoms with Gasteiger partial charge in [-0.2, -0.15) is 5.10 Å². The van der Waals surface area contributed by atoms with Crippen molar-refractivity contribution in [2.24, 2.45) is 0 Å². The highest BCUT2D eigenvalue weighted by molar-refractivity contribution is 9.10. The molecule has 5 heteroatoms. The molecule has 0 saturated carbocycles. The molecule has 0 aliphatic carbocycles. The average molecular weight is 334 g/mol. The molecule has 3 rings (SSSR count). The van der Waals surface area contributed by atoms with Crippen molar-refractivity contribution in [3.63, 3.8) is 0 Å². The average Bonchev–Trinajstić information content (AvgIpc) is 3.08. The fraction of sp³-hybridized carbons (Fsp3) is 0.0714. The molecule has 3 aromatic rings. The van der Waals surface area contributed by atoms with Crippen LogP contribution >= 0.6 is 27.3 Å². The Morgan fingerprint density at radius 2 is 2.21 bits per heavy atom. The van der Waals surface area contributed by atoms with Gasteiger partial charge in [0.15, 0.2) is 0 Å². The SMILES string of the molecule is Brc1ccsc1CNc1cccc(-n2cccn2)c1. The maximum absolute atomic E-state index is 4.24. The van der Waals surface area contributed by atoms with Crippen LogP contribution in [0.15, 0.2) is 58.6 Å². The molecule has 0 aliphatic rings. The van der Waals surface area contributed by atoms with Gasteiger partial charge < -0.3 is 5.32 Å². The Balaban J connectivity index is 1.75. The molecule has 2 heterocycles. The van der Waals surface area contributed by atoms with E-state index in [4.69, 9.17) is 0 Å². The van der Waals surface area contributed by atoms with Crippen molar-refractivity contribution in [2.45, 2.75) is 6.54 Å². The molecular weight excluding hydrogens is 322 g/mol. The lowest BCUT2D eigenvalue weighted by atomic mass is 10.2. The standard InChI is InChI=1S/C14H12BrN3S/c15-13-5-8-19-14(13)10-16-11-3-1-4-12(9-11)18-7-2-6-17-18/h1-9,16H,10H2. The van der Waals surface area contributed by atoms with Gasteiger partial charge in [-0.05, 0) is 51.6 Å². The van der Waals surface area contributed by atoms with Gasteiger partial charge in [0.1, 0.15) is 0 Å². The van der Waals surface area contributed by atoms with Gasteiger partial charge in [0.25, 0.3) is 0 Å². The summed E-state index contributed by atoms with van der Waals surface area (Å²) < 4.78 is 3.01. The lowest BCUT2D eigenvalue weighted by Gasteiger charge is -2.08. The molecule has 3 nitrogen and oxygen atoms in total. The van der Waals surface area contributed by atoms with Crippen molar-refractivity contribution in [3.05, 3.63) is 63.5 Å². The number of hydrogen-bond acceptors (Lipinski definition) is 3. The van der Waals surface area contributed by atoms with Gasteiger partial charge in [-0.15, -0.1) is 11.3 Å². The third kappa shape index (κ3) is 2.88. The first-order chi connectivity index (χ1) is 9.33. The number of aromatic nitrogens is 2. The fourth-order valence-corrected chi connectivity index (χ4v) is 3.25. The molecule has 1 N–H and O–H groups in total. The number of hydrogen-bond donors (Lipinski definition) is 1. The summed E-state index contributed by atoms with van der Waals surface area (Å²) in [6.07, 6.45) is 3.72. The number of rotatable bonds is 4. The van der Waals surface area contributed by atoms with Gasteiger partial charge in [-0.3, -0.25) is 0 Å². The molecule has 0 atom stereocenters. The Hall–Kier alpha value is -1.59. The van der Waals surface area contributed by atoms with Crippen LogP contribution in [0.3, 0.4) is 0 Å². The predicted molar refractivity (Wildman–Crippen MR) is 82.9 cm³/mol. The molecule has 1 aromatic carbocycles. The number of benzene rings is 1. The first kappa shape index (κ1) is 12.4. The summed E-state index contributed by atoms with van der Waals surface area (Å²) in [6.45, 7) is 0.820. The van der Waals surface area contributed by atoms with Crippen molar-refractivity contribution in [1.29, 1.82) is 0 Å². The molecule has 2 aromatic heterocycles. The predicted octanol–water partition coefficient (Wildman–Crippen LogP) is 4.31. The highest BCUT2D eigenvalue weighted by Gasteiger charge is 2.02. The van der Waals surface area contributed by atoms with E-state index in [0.29, 0.717) is 0 Å². The van der Waals surface area contributed by atoms with E-state index in [1.165, 1.54) is 4.88 Å². The molecule has 0 fully saturated rings. The number of halogens is 1. The Morgan fingerprint density at radius 3 is 2.95 bits per heavy atom. The van der Waals surface area contributed by atoms with E-state index >= 15 is 0 Å². The molecule has 96 valence electrons. The van der Waals surface area contributed by atoms with E-state index in [9.17, 15) is 0 Å². The molecule has 0 unspecified atom stereocenters. The first-order valence-electron chi connectivity index (χ1n) is 5.89. The minimum Gasteiger partial charge on any atom is -0.380 e. The second kappa shape index (κ2) is 5.59. The zero-order valence-corrected chi connectivity index (χ0v) is 12.5. The Morgan fingerprint density at radius 1 is 1.26 bits per heavy atom. The monoisotopic (exact) mass is 333 g/mol. The molecule has 19 heavy (non-hydrogen) atoms. The molecule has 0 bridgehead atoms. The number of thiophene rings is 1. The summed E-state index contributed by atoms with van der Waals surface area (Å²) in [5.74, 6) is 0. The number of anilines is 1. The molecule has 0 saturated heterocycles. The van der Waals surface area contributed by atoms with Crippen LogP contribution in [-0.2, 0) is 6.54 Å². The van der Waals surface area contributed by atoms with Crippen molar-refractivity contribution in [1.82, 2.24) is 9.78 Å². The molecule has 0 aliphatic heterocycles. The Kier molecular flexibility index (Phi) is 3.66. The van der Waals surface area contributed by atoms with Crippen LogP contribution in [0.25, 0.3) is 5.69 Å². The van der Waals surface area contributed by atoms with Crippen LogP contribution < -0.4 is 5.32 Å². The van der Waals surface area contributed by atoms with Gasteiger partial charge >= 0.3 is 0 Å². The van der Waals surface area contributed by atoms with E-state index < -0.39 is 0 Å². The number of nitrogens with one attached hydrogen (secondary N) is 1. The largest absolute Gasteiger partial charge is 0.380 e. The normalized spacial score (nSPS) is 10.6. The summed E-state index contributed by atoms with van der Waals surface area (Å²) in [7, 11) is 0. The minimum absolute atomic E-state index is 0.820. The van der Waals surface area contributed by atoms with E-state index in [2.05, 4.69) is 49.9 Å². The third-order valence-electron chi connectivity index (χ3n) is 2.76. The third-order valence-corrected chi connectivity index (χ3v) is 4.69. The first-order valence-corrected chi connectivity index (χ1v) is 7.56. The van der Waals surface area contributed by atoms with Crippen LogP contribution in [0.2, 0.25) is 0 Å². The zero-order valence-electron chi connectivity index (χ0n) is 10.1. The van der Waals surface area contributed by atoms with E-state index in [-0.39, 0.29) is 0 Å². The zero-order chi connectivity index (χ0) is 13.1. The van der Waals surface area contributed by atoms with Gasteiger partial charge in [0.2, 0.25) is 0 Å². The van der Waals surface area contributed by atoms with Crippen LogP contribution in [0.4, 0.5) is 5.69 Å². The number of nitrogens with zero attached hydrogens (tertiary/aromatic N) is 2. The summed E-state index contributed by atoms with van der Waals surface area (Å²) in [5.41, 5.74) is 2.15. The van der Waals surface area contributed by atoms with E-state index in [0.717, 1.165) is 22.4 Å². The second-order valence-corrected chi connectivity index (χ2v) is 5.90. The lowest BCUT2D eigenvalue weighted by Crippen LogP contribution is -2.00. The maximum atomic E-state index is 4.24. The minimum atomic E-state index is 0.820. The molecular formula is C14H12BrN3S. The Labute approximate surface area is 124 Å². The summed E-state index contributed by atoms with van der Waals surface area (Å²) in [5, 5.41) is 9.75. The van der Waals surface area contributed by atoms with Gasteiger partial charge in [0, 0.05) is 27.4 Å². The van der Waals surface area contributed by atoms with Crippen LogP contribution in [-0.4, -0.2) is 9.78 Å². The summed E-state index contributed by atoms with van der Waals surface area (Å²) in [4.78, 5) is 1.30. The van der Waals surface area contributed by atoms with Gasteiger partial charge in [0.05, 0.1) is 12.2 Å². The summed E-state index contributed by atoms with van der Waals surface area (Å²) in [6, 6.07) is 12.2. The van der Waals surface area contributed by atoms with Crippen LogP contribution in [0, 0.1) is 0 Å². The molecule has 0 amide bonds. The second-order valence-electron chi connectivity index (χ2n) is 4.05. The van der Waals surface area contributed by atoms with Crippen LogP contribution in [0.1, 0.15) is 4.88 Å². The summed E-state index contributed by atoms with van der Waals surface area (Å²) >= 11 is 5.29. The van der Waals surface area contributed by atoms with Crippen molar-refractivity contribution in [2.75, 3.05) is 5.32 Å². The highest BCUT2D eigenvalue weighted by Crippen LogP contribution is 2.24. The van der Waals surface area contributed by atoms with Crippen molar-refractivity contribution < 1.29 is 0 Å². The van der Waals surface area contributed by atoms with E-state index in [1.807, 2.05) is 29.1 Å². The van der Waals surface area contributed by atoms with Gasteiger partial charge in [-0.25, -0.2) is 4.68 Å². The maximum Gasteiger partial charge on any atom is 0.0666 e.